The van der Waals surface area contributed by atoms with Crippen LogP contribution in [-0.2, 0) is 9.59 Å². The molecule has 1 N–H and O–H groups in total. The summed E-state index contributed by atoms with van der Waals surface area (Å²) in [4.78, 5) is 40.2. The van der Waals surface area contributed by atoms with Gasteiger partial charge in [-0.05, 0) is 63.3 Å². The van der Waals surface area contributed by atoms with Crippen molar-refractivity contribution in [3.63, 3.8) is 0 Å². The molecule has 9 heteroatoms. The number of hydrogen-bond acceptors (Lipinski definition) is 7. The van der Waals surface area contributed by atoms with Crippen molar-refractivity contribution in [3.05, 3.63) is 75.3 Å². The van der Waals surface area contributed by atoms with E-state index >= 15 is 0 Å². The number of nitro groups is 1. The molecule has 0 saturated carbocycles. The number of non-ortho nitro benzene ring substituents is 1. The van der Waals surface area contributed by atoms with E-state index in [0.29, 0.717) is 36.4 Å². The molecule has 2 aromatic rings. The van der Waals surface area contributed by atoms with E-state index in [1.54, 1.807) is 30.3 Å². The van der Waals surface area contributed by atoms with Crippen molar-refractivity contribution in [2.24, 2.45) is 0 Å². The lowest BCUT2D eigenvalue weighted by Crippen LogP contribution is -2.32. The van der Waals surface area contributed by atoms with E-state index in [1.807, 2.05) is 25.9 Å². The monoisotopic (exact) mass is 467 g/mol. The smallest absolute Gasteiger partial charge is 0.295 e. The standard InChI is InChI=1S/C25H29N3O6/c1-4-15-34-20-11-9-17(10-12-20)23(29)21-22(18-7-5-8-19(16-18)28(32)33)27(25(31)24(21)30)14-6-13-26(2)3/h5,7-12,16,22,29H,4,6,13-15H2,1-3H3/t22-/m0/s1. The largest absolute Gasteiger partial charge is 0.507 e. The number of nitro benzene ring substituents is 1. The summed E-state index contributed by atoms with van der Waals surface area (Å²) in [5.74, 6) is -1.25. The van der Waals surface area contributed by atoms with E-state index in [-0.39, 0.29) is 23.6 Å². The molecule has 0 aromatic heterocycles. The Bertz CT molecular complexity index is 1090. The molecular formula is C25H29N3O6. The average Bonchev–Trinajstić information content (AvgIpc) is 3.07. The summed E-state index contributed by atoms with van der Waals surface area (Å²) in [7, 11) is 3.81. The molecule has 0 bridgehead atoms. The van der Waals surface area contributed by atoms with Crippen molar-refractivity contribution in [1.29, 1.82) is 0 Å². The molecule has 9 nitrogen and oxygen atoms in total. The number of likely N-dealkylation sites (tertiary alicyclic amines) is 1. The molecule has 0 spiro atoms. The predicted molar refractivity (Wildman–Crippen MR) is 128 cm³/mol. The third-order valence-corrected chi connectivity index (χ3v) is 5.54. The molecular weight excluding hydrogens is 438 g/mol. The van der Waals surface area contributed by atoms with Gasteiger partial charge in [-0.15, -0.1) is 0 Å². The highest BCUT2D eigenvalue weighted by atomic mass is 16.6. The van der Waals surface area contributed by atoms with Gasteiger partial charge in [-0.1, -0.05) is 19.1 Å². The molecule has 0 unspecified atom stereocenters. The molecule has 180 valence electrons. The van der Waals surface area contributed by atoms with Gasteiger partial charge in [-0.25, -0.2) is 0 Å². The third kappa shape index (κ3) is 5.43. The Morgan fingerprint density at radius 3 is 2.50 bits per heavy atom. The second-order valence-corrected chi connectivity index (χ2v) is 8.37. The summed E-state index contributed by atoms with van der Waals surface area (Å²) in [5.41, 5.74) is 0.500. The normalized spacial score (nSPS) is 17.4. The Labute approximate surface area is 198 Å². The van der Waals surface area contributed by atoms with Crippen LogP contribution in [0, 0.1) is 10.1 Å². The second kappa shape index (κ2) is 10.9. The Balaban J connectivity index is 2.07. The van der Waals surface area contributed by atoms with Crippen LogP contribution in [0.4, 0.5) is 5.69 Å². The number of amides is 1. The number of ether oxygens (including phenoxy) is 1. The Hall–Kier alpha value is -3.72. The number of aliphatic hydroxyl groups excluding tert-OH is 1. The maximum Gasteiger partial charge on any atom is 0.295 e. The van der Waals surface area contributed by atoms with Crippen LogP contribution in [0.2, 0.25) is 0 Å². The lowest BCUT2D eigenvalue weighted by atomic mass is 9.95. The topological polar surface area (TPSA) is 113 Å². The van der Waals surface area contributed by atoms with Crippen LogP contribution in [0.1, 0.15) is 36.9 Å². The minimum atomic E-state index is -0.932. The van der Waals surface area contributed by atoms with Gasteiger partial charge in [0.05, 0.1) is 23.1 Å². The minimum absolute atomic E-state index is 0.0856. The molecule has 1 amide bonds. The van der Waals surface area contributed by atoms with Gasteiger partial charge in [0, 0.05) is 24.2 Å². The molecule has 3 rings (SSSR count). The van der Waals surface area contributed by atoms with E-state index in [4.69, 9.17) is 4.74 Å². The Morgan fingerprint density at radius 2 is 1.88 bits per heavy atom. The summed E-state index contributed by atoms with van der Waals surface area (Å²) in [6, 6.07) is 11.5. The predicted octanol–water partition coefficient (Wildman–Crippen LogP) is 3.76. The van der Waals surface area contributed by atoms with Crippen LogP contribution in [0.3, 0.4) is 0 Å². The van der Waals surface area contributed by atoms with Crippen LogP contribution >= 0.6 is 0 Å². The number of rotatable bonds is 10. The summed E-state index contributed by atoms with van der Waals surface area (Å²) in [6.45, 7) is 3.49. The number of ketones is 1. The van der Waals surface area contributed by atoms with Crippen LogP contribution in [-0.4, -0.2) is 65.3 Å². The highest BCUT2D eigenvalue weighted by Gasteiger charge is 2.46. The van der Waals surface area contributed by atoms with Crippen LogP contribution in [0.15, 0.2) is 54.1 Å². The molecule has 1 aliphatic rings. The van der Waals surface area contributed by atoms with Gasteiger partial charge < -0.3 is 19.6 Å². The molecule has 1 saturated heterocycles. The van der Waals surface area contributed by atoms with Crippen LogP contribution in [0.25, 0.3) is 5.76 Å². The van der Waals surface area contributed by atoms with Gasteiger partial charge in [0.2, 0.25) is 0 Å². The van der Waals surface area contributed by atoms with E-state index < -0.39 is 22.7 Å². The lowest BCUT2D eigenvalue weighted by Gasteiger charge is -2.25. The highest BCUT2D eigenvalue weighted by Crippen LogP contribution is 2.40. The Morgan fingerprint density at radius 1 is 1.18 bits per heavy atom. The summed E-state index contributed by atoms with van der Waals surface area (Å²) >= 11 is 0. The highest BCUT2D eigenvalue weighted by molar-refractivity contribution is 6.46. The van der Waals surface area contributed by atoms with Gasteiger partial charge in [0.1, 0.15) is 11.5 Å². The van der Waals surface area contributed by atoms with Crippen LogP contribution in [0.5, 0.6) is 5.75 Å². The average molecular weight is 468 g/mol. The van der Waals surface area contributed by atoms with Crippen molar-refractivity contribution >= 4 is 23.1 Å². The number of Topliss-reactive ketones (excluding diaryl/α,β-unsaturated/α-hetero) is 1. The summed E-state index contributed by atoms with van der Waals surface area (Å²) in [6.07, 6.45) is 1.44. The number of aliphatic hydroxyl groups is 1. The van der Waals surface area contributed by atoms with Crippen LogP contribution < -0.4 is 4.74 Å². The zero-order chi connectivity index (χ0) is 24.8. The minimum Gasteiger partial charge on any atom is -0.507 e. The molecule has 34 heavy (non-hydrogen) atoms. The zero-order valence-corrected chi connectivity index (χ0v) is 19.6. The molecule has 1 aliphatic heterocycles. The number of nitrogens with zero attached hydrogens (tertiary/aromatic N) is 3. The van der Waals surface area contributed by atoms with Gasteiger partial charge in [0.25, 0.3) is 17.4 Å². The van der Waals surface area contributed by atoms with E-state index in [1.165, 1.54) is 23.1 Å². The van der Waals surface area contributed by atoms with Gasteiger partial charge in [-0.3, -0.25) is 19.7 Å². The molecule has 1 atom stereocenters. The fraction of sp³-hybridized carbons (Fsp3) is 0.360. The van der Waals surface area contributed by atoms with E-state index in [0.717, 1.165) is 6.42 Å². The molecule has 1 fully saturated rings. The summed E-state index contributed by atoms with van der Waals surface area (Å²) < 4.78 is 5.57. The fourth-order valence-electron chi connectivity index (χ4n) is 3.91. The first kappa shape index (κ1) is 24.9. The Kier molecular flexibility index (Phi) is 8.01. The third-order valence-electron chi connectivity index (χ3n) is 5.54. The number of carbonyl (C=O) groups excluding carboxylic acids is 2. The van der Waals surface area contributed by atoms with Crippen molar-refractivity contribution in [2.75, 3.05) is 33.8 Å². The molecule has 2 aromatic carbocycles. The maximum atomic E-state index is 13.1. The van der Waals surface area contributed by atoms with Gasteiger partial charge in [0.15, 0.2) is 0 Å². The first-order valence-electron chi connectivity index (χ1n) is 11.1. The molecule has 0 radical (unpaired) electrons. The van der Waals surface area contributed by atoms with Crippen molar-refractivity contribution in [2.45, 2.75) is 25.8 Å². The first-order valence-corrected chi connectivity index (χ1v) is 11.1. The molecule has 0 aliphatic carbocycles. The first-order chi connectivity index (χ1) is 16.2. The SMILES string of the molecule is CCCOc1ccc(C(O)=C2C(=O)C(=O)N(CCCN(C)C)[C@H]2c2cccc([N+](=O)[O-])c2)cc1. The quantitative estimate of drug-likeness (QED) is 0.186. The number of benzene rings is 2. The summed E-state index contributed by atoms with van der Waals surface area (Å²) in [5, 5.41) is 22.5. The van der Waals surface area contributed by atoms with E-state index in [9.17, 15) is 24.8 Å². The number of hydrogen-bond donors (Lipinski definition) is 1. The van der Waals surface area contributed by atoms with E-state index in [2.05, 4.69) is 0 Å². The van der Waals surface area contributed by atoms with Crippen molar-refractivity contribution in [3.8, 4) is 5.75 Å². The lowest BCUT2D eigenvalue weighted by molar-refractivity contribution is -0.384. The zero-order valence-electron chi connectivity index (χ0n) is 19.6. The molecule has 1 heterocycles. The maximum absolute atomic E-state index is 13.1. The number of carbonyl (C=O) groups is 2. The second-order valence-electron chi connectivity index (χ2n) is 8.37. The van der Waals surface area contributed by atoms with Crippen molar-refractivity contribution < 1.29 is 24.4 Å². The fourth-order valence-corrected chi connectivity index (χ4v) is 3.91. The van der Waals surface area contributed by atoms with Gasteiger partial charge in [-0.2, -0.15) is 0 Å². The van der Waals surface area contributed by atoms with Gasteiger partial charge >= 0.3 is 0 Å². The van der Waals surface area contributed by atoms with Crippen molar-refractivity contribution in [1.82, 2.24) is 9.80 Å².